The monoisotopic (exact) mass is 342 g/mol. The molecule has 0 bridgehead atoms. The van der Waals surface area contributed by atoms with Crippen LogP contribution in [0.3, 0.4) is 0 Å². The number of benzene rings is 2. The molecule has 0 amide bonds. The average Bonchev–Trinajstić information content (AvgIpc) is 2.90. The van der Waals surface area contributed by atoms with Crippen molar-refractivity contribution in [3.05, 3.63) is 59.8 Å². The van der Waals surface area contributed by atoms with Gasteiger partial charge in [-0.15, -0.1) is 0 Å². The molecule has 1 aliphatic heterocycles. The van der Waals surface area contributed by atoms with E-state index in [1.54, 1.807) is 18.4 Å². The van der Waals surface area contributed by atoms with Crippen molar-refractivity contribution in [2.75, 3.05) is 6.26 Å². The molecule has 1 aliphatic rings. The van der Waals surface area contributed by atoms with E-state index >= 15 is 0 Å². The maximum atomic E-state index is 13.7. The van der Waals surface area contributed by atoms with Crippen molar-refractivity contribution >= 4 is 10.8 Å². The summed E-state index contributed by atoms with van der Waals surface area (Å²) in [5.74, 6) is 1.14. The molecule has 4 rings (SSSR count). The largest absolute Gasteiger partial charge is 0.483 e. The van der Waals surface area contributed by atoms with Crippen LogP contribution in [0.5, 0.6) is 5.75 Å². The summed E-state index contributed by atoms with van der Waals surface area (Å²) in [6, 6.07) is 12.0. The zero-order valence-electron chi connectivity index (χ0n) is 13.2. The molecule has 24 heavy (non-hydrogen) atoms. The maximum Gasteiger partial charge on any atom is 0.152 e. The lowest BCUT2D eigenvalue weighted by Crippen LogP contribution is -2.14. The number of halogens is 1. The van der Waals surface area contributed by atoms with Gasteiger partial charge in [0.1, 0.15) is 18.2 Å². The Bertz CT molecular complexity index is 981. The number of hydrogen-bond donors (Lipinski definition) is 0. The molecule has 0 saturated heterocycles. The fraction of sp³-hybridized carbons (Fsp3) is 0.167. The number of imidazole rings is 1. The number of aryl methyl sites for hydroxylation is 1. The minimum atomic E-state index is -1.08. The molecular weight excluding hydrogens is 327 g/mol. The van der Waals surface area contributed by atoms with E-state index in [-0.39, 0.29) is 5.82 Å². The fourth-order valence-electron chi connectivity index (χ4n) is 3.03. The number of fused-ring (bicyclic) bond motifs is 3. The van der Waals surface area contributed by atoms with Crippen molar-refractivity contribution in [1.29, 1.82) is 0 Å². The Morgan fingerprint density at radius 2 is 2.08 bits per heavy atom. The molecule has 0 radical (unpaired) electrons. The first-order valence-electron chi connectivity index (χ1n) is 7.49. The second-order valence-corrected chi connectivity index (χ2v) is 7.06. The van der Waals surface area contributed by atoms with E-state index < -0.39 is 10.8 Å². The second-order valence-electron chi connectivity index (χ2n) is 5.68. The van der Waals surface area contributed by atoms with Crippen molar-refractivity contribution < 1.29 is 13.3 Å². The Morgan fingerprint density at radius 3 is 2.83 bits per heavy atom. The normalized spacial score (nSPS) is 13.8. The Morgan fingerprint density at radius 1 is 1.25 bits per heavy atom. The van der Waals surface area contributed by atoms with Crippen molar-refractivity contribution in [3.8, 4) is 22.7 Å². The summed E-state index contributed by atoms with van der Waals surface area (Å²) in [7, 11) is -1.08. The molecule has 0 spiro atoms. The molecule has 0 aliphatic carbocycles. The Balaban J connectivity index is 1.95. The van der Waals surface area contributed by atoms with Gasteiger partial charge < -0.3 is 4.74 Å². The standard InChI is InChI=1S/C18H15FN2O2S/c1-11-18(12-4-3-5-13(19)8-12)21-15-7-6-14(24(2)22)9-16(15)23-10-17(21)20-11/h3-9H,10H2,1-2H3. The van der Waals surface area contributed by atoms with E-state index in [0.717, 1.165) is 28.5 Å². The number of hydrogen-bond acceptors (Lipinski definition) is 3. The lowest BCUT2D eigenvalue weighted by Gasteiger charge is -2.22. The van der Waals surface area contributed by atoms with Gasteiger partial charge in [-0.05, 0) is 37.3 Å². The van der Waals surface area contributed by atoms with Gasteiger partial charge >= 0.3 is 0 Å². The summed E-state index contributed by atoms with van der Waals surface area (Å²) >= 11 is 0. The van der Waals surface area contributed by atoms with Crippen LogP contribution in [-0.2, 0) is 17.4 Å². The topological polar surface area (TPSA) is 44.1 Å². The highest BCUT2D eigenvalue weighted by molar-refractivity contribution is 7.84. The van der Waals surface area contributed by atoms with Gasteiger partial charge in [-0.1, -0.05) is 12.1 Å². The van der Waals surface area contributed by atoms with Crippen LogP contribution in [0, 0.1) is 12.7 Å². The van der Waals surface area contributed by atoms with E-state index in [1.807, 2.05) is 29.7 Å². The molecule has 6 heteroatoms. The molecule has 4 nitrogen and oxygen atoms in total. The lowest BCUT2D eigenvalue weighted by atomic mass is 10.1. The first-order chi connectivity index (χ1) is 11.5. The molecule has 3 aromatic rings. The molecule has 2 aromatic carbocycles. The highest BCUT2D eigenvalue weighted by atomic mass is 32.2. The zero-order chi connectivity index (χ0) is 16.8. The van der Waals surface area contributed by atoms with Crippen LogP contribution in [0.2, 0.25) is 0 Å². The molecule has 1 unspecified atom stereocenters. The van der Waals surface area contributed by atoms with Gasteiger partial charge in [0.15, 0.2) is 5.82 Å². The second kappa shape index (κ2) is 5.56. The third-order valence-corrected chi connectivity index (χ3v) is 5.00. The summed E-state index contributed by atoms with van der Waals surface area (Å²) in [6.45, 7) is 2.23. The van der Waals surface area contributed by atoms with Crippen molar-refractivity contribution in [2.45, 2.75) is 18.4 Å². The molecule has 0 N–H and O–H groups in total. The summed E-state index contributed by atoms with van der Waals surface area (Å²) in [4.78, 5) is 5.28. The summed E-state index contributed by atoms with van der Waals surface area (Å²) in [5, 5.41) is 0. The van der Waals surface area contributed by atoms with Gasteiger partial charge in [-0.2, -0.15) is 0 Å². The number of aromatic nitrogens is 2. The van der Waals surface area contributed by atoms with Crippen LogP contribution in [0.25, 0.3) is 16.9 Å². The van der Waals surface area contributed by atoms with Crippen LogP contribution in [0.4, 0.5) is 4.39 Å². The summed E-state index contributed by atoms with van der Waals surface area (Å²) < 4.78 is 33.1. The highest BCUT2D eigenvalue weighted by Gasteiger charge is 2.24. The lowest BCUT2D eigenvalue weighted by molar-refractivity contribution is 0.279. The number of ether oxygens (including phenoxy) is 1. The van der Waals surface area contributed by atoms with E-state index in [0.29, 0.717) is 17.3 Å². The van der Waals surface area contributed by atoms with Crippen LogP contribution in [0.15, 0.2) is 47.4 Å². The number of rotatable bonds is 2. The smallest absolute Gasteiger partial charge is 0.152 e. The van der Waals surface area contributed by atoms with Crippen LogP contribution in [0.1, 0.15) is 11.5 Å². The van der Waals surface area contributed by atoms with E-state index in [9.17, 15) is 8.60 Å². The Labute approximate surface area is 141 Å². The third-order valence-electron chi connectivity index (χ3n) is 4.08. The average molecular weight is 342 g/mol. The van der Waals surface area contributed by atoms with E-state index in [2.05, 4.69) is 4.98 Å². The molecule has 1 atom stereocenters. The molecular formula is C18H15FN2O2S. The molecule has 0 saturated carbocycles. The van der Waals surface area contributed by atoms with E-state index in [4.69, 9.17) is 4.74 Å². The molecule has 122 valence electrons. The van der Waals surface area contributed by atoms with Crippen molar-refractivity contribution in [2.24, 2.45) is 0 Å². The number of nitrogens with zero attached hydrogens (tertiary/aromatic N) is 2. The van der Waals surface area contributed by atoms with Crippen LogP contribution in [-0.4, -0.2) is 20.0 Å². The van der Waals surface area contributed by atoms with Gasteiger partial charge in [0.2, 0.25) is 0 Å². The summed E-state index contributed by atoms with van der Waals surface area (Å²) in [5.41, 5.74) is 3.25. The van der Waals surface area contributed by atoms with Gasteiger partial charge in [-0.25, -0.2) is 9.37 Å². The Hall–Kier alpha value is -2.47. The summed E-state index contributed by atoms with van der Waals surface area (Å²) in [6.07, 6.45) is 1.63. The van der Waals surface area contributed by atoms with E-state index in [1.165, 1.54) is 12.1 Å². The minimum absolute atomic E-state index is 0.286. The molecule has 1 aromatic heterocycles. The SMILES string of the molecule is Cc1nc2n(c1-c1cccc(F)c1)-c1ccc(S(C)=O)cc1OC2. The van der Waals surface area contributed by atoms with Gasteiger partial charge in [-0.3, -0.25) is 8.78 Å². The predicted octanol–water partition coefficient (Wildman–Crippen LogP) is 3.62. The third kappa shape index (κ3) is 2.34. The minimum Gasteiger partial charge on any atom is -0.483 e. The van der Waals surface area contributed by atoms with Gasteiger partial charge in [0.25, 0.3) is 0 Å². The maximum absolute atomic E-state index is 13.7. The molecule has 2 heterocycles. The first-order valence-corrected chi connectivity index (χ1v) is 9.05. The van der Waals surface area contributed by atoms with Gasteiger partial charge in [0.05, 0.1) is 17.1 Å². The predicted molar refractivity (Wildman–Crippen MR) is 90.4 cm³/mol. The fourth-order valence-corrected chi connectivity index (χ4v) is 3.57. The van der Waals surface area contributed by atoms with Gasteiger partial charge in [0, 0.05) is 27.5 Å². The highest BCUT2D eigenvalue weighted by Crippen LogP contribution is 2.37. The first kappa shape index (κ1) is 15.1. The zero-order valence-corrected chi connectivity index (χ0v) is 14.1. The Kier molecular flexibility index (Phi) is 3.49. The van der Waals surface area contributed by atoms with Crippen LogP contribution >= 0.6 is 0 Å². The molecule has 0 fully saturated rings. The quantitative estimate of drug-likeness (QED) is 0.714. The van der Waals surface area contributed by atoms with Crippen molar-refractivity contribution in [3.63, 3.8) is 0 Å². The van der Waals surface area contributed by atoms with Crippen LogP contribution < -0.4 is 4.74 Å². The van der Waals surface area contributed by atoms with Crippen molar-refractivity contribution in [1.82, 2.24) is 9.55 Å².